The lowest BCUT2D eigenvalue weighted by molar-refractivity contribution is -0.114. The number of thioether (sulfide) groups is 1. The van der Waals surface area contributed by atoms with Crippen LogP contribution in [-0.2, 0) is 33.3 Å². The number of allylic oxidation sites excluding steroid dienone is 2. The molecule has 13 heteroatoms. The van der Waals surface area contributed by atoms with Crippen LogP contribution in [0.15, 0.2) is 46.4 Å². The van der Waals surface area contributed by atoms with Crippen LogP contribution in [0.3, 0.4) is 0 Å². The van der Waals surface area contributed by atoms with Gasteiger partial charge in [0.1, 0.15) is 11.9 Å². The van der Waals surface area contributed by atoms with E-state index in [0.29, 0.717) is 33.7 Å². The number of nitrogens with two attached hydrogens (primary N) is 1. The van der Waals surface area contributed by atoms with Gasteiger partial charge in [-0.25, -0.2) is 4.79 Å². The van der Waals surface area contributed by atoms with Crippen LogP contribution >= 0.6 is 11.8 Å². The number of rotatable bonds is 5. The molecule has 12 nitrogen and oxygen atoms in total. The van der Waals surface area contributed by atoms with E-state index in [1.165, 1.54) is 26.0 Å². The van der Waals surface area contributed by atoms with Crippen LogP contribution in [0.4, 0.5) is 16.2 Å². The number of anilines is 2. The molecule has 0 aromatic heterocycles. The first kappa shape index (κ1) is 36.1. The lowest BCUT2D eigenvalue weighted by Crippen LogP contribution is -2.38. The Morgan fingerprint density at radius 1 is 1.02 bits per heavy atom. The Morgan fingerprint density at radius 2 is 1.73 bits per heavy atom. The van der Waals surface area contributed by atoms with Crippen molar-refractivity contribution in [2.45, 2.75) is 69.5 Å². The van der Waals surface area contributed by atoms with Gasteiger partial charge in [0.2, 0.25) is 5.91 Å². The number of carbonyl (C=O) groups excluding carboxylic acids is 3. The Morgan fingerprint density at radius 3 is 2.33 bits per heavy atom. The highest BCUT2D eigenvalue weighted by Crippen LogP contribution is 2.49. The molecule has 0 spiro atoms. The molecule has 1 aromatic carbocycles. The Labute approximate surface area is 268 Å². The van der Waals surface area contributed by atoms with Crippen molar-refractivity contribution < 1.29 is 43.2 Å². The predicted octanol–water partition coefficient (Wildman–Crippen LogP) is 4.70. The van der Waals surface area contributed by atoms with Crippen molar-refractivity contribution in [3.63, 3.8) is 0 Å². The number of amides is 3. The van der Waals surface area contributed by atoms with E-state index in [0.717, 1.165) is 0 Å². The van der Waals surface area contributed by atoms with E-state index in [9.17, 15) is 19.5 Å². The zero-order valence-electron chi connectivity index (χ0n) is 27.0. The van der Waals surface area contributed by atoms with Crippen molar-refractivity contribution >= 4 is 41.0 Å². The topological polar surface area (TPSA) is 168 Å². The number of methoxy groups -OCH3 is 4. The summed E-state index contributed by atoms with van der Waals surface area (Å²) in [5.74, 6) is -1.13. The fraction of sp³-hybridized carbons (Fsp3) is 0.531. The quantitative estimate of drug-likeness (QED) is 0.200. The van der Waals surface area contributed by atoms with Gasteiger partial charge in [-0.1, -0.05) is 38.2 Å². The number of nitrogens with one attached hydrogen (secondary N) is 2. The summed E-state index contributed by atoms with van der Waals surface area (Å²) in [5, 5.41) is 17.3. The molecule has 3 rings (SSSR count). The Balaban J connectivity index is 2.22. The molecule has 0 unspecified atom stereocenters. The summed E-state index contributed by atoms with van der Waals surface area (Å²) in [6.07, 6.45) is 3.19. The maximum Gasteiger partial charge on any atom is 0.405 e. The molecule has 5 N–H and O–H groups in total. The molecule has 7 atom stereocenters. The fourth-order valence-electron chi connectivity index (χ4n) is 5.85. The van der Waals surface area contributed by atoms with Gasteiger partial charge in [0.05, 0.1) is 40.3 Å². The number of carbonyl (C=O) groups is 3. The zero-order valence-corrected chi connectivity index (χ0v) is 27.9. The van der Waals surface area contributed by atoms with Gasteiger partial charge in [-0.3, -0.25) is 9.59 Å². The third-order valence-electron chi connectivity index (χ3n) is 8.08. The molecule has 45 heavy (non-hydrogen) atoms. The molecule has 0 fully saturated rings. The van der Waals surface area contributed by atoms with Crippen molar-refractivity contribution in [1.82, 2.24) is 0 Å². The highest BCUT2D eigenvalue weighted by molar-refractivity contribution is 8.00. The number of ether oxygens (including phenoxy) is 5. The normalized spacial score (nSPS) is 31.3. The molecule has 2 bridgehead atoms. The van der Waals surface area contributed by atoms with Gasteiger partial charge in [-0.05, 0) is 37.8 Å². The van der Waals surface area contributed by atoms with Gasteiger partial charge >= 0.3 is 6.09 Å². The molecule has 0 saturated carbocycles. The summed E-state index contributed by atoms with van der Waals surface area (Å²) < 4.78 is 28.9. The molecular formula is C32H45N3O9S. The second-order valence-corrected chi connectivity index (χ2v) is 12.2. The van der Waals surface area contributed by atoms with Crippen LogP contribution in [0.25, 0.3) is 0 Å². The molecule has 248 valence electrons. The summed E-state index contributed by atoms with van der Waals surface area (Å²) in [6, 6.07) is 1.69. The molecule has 2 heterocycles. The molecule has 2 aliphatic rings. The Hall–Kier alpha value is -3.36. The SMILES string of the molecule is CO[C@H]1[C@@H](OC)C[C@H](C)[C@@H](OC)c2cc3c(c(c2O)NC(=O)/C(C)=C\C=C/[C@H](OC)[C@@H](OC(N)=O)/C(C)=C\[C@@H]1C)SCC(=O)N3. The molecule has 0 radical (unpaired) electrons. The van der Waals surface area contributed by atoms with Crippen molar-refractivity contribution in [2.24, 2.45) is 17.6 Å². The monoisotopic (exact) mass is 647 g/mol. The van der Waals surface area contributed by atoms with E-state index in [1.807, 2.05) is 26.8 Å². The number of primary amides is 1. The third kappa shape index (κ3) is 8.67. The lowest BCUT2D eigenvalue weighted by atomic mass is 9.86. The average Bonchev–Trinajstić information content (AvgIpc) is 2.99. The maximum absolute atomic E-state index is 13.4. The minimum absolute atomic E-state index is 0.128. The van der Waals surface area contributed by atoms with E-state index in [2.05, 4.69) is 10.6 Å². The van der Waals surface area contributed by atoms with Gasteiger partial charge in [0.15, 0.2) is 6.10 Å². The Kier molecular flexibility index (Phi) is 13.1. The first-order valence-corrected chi connectivity index (χ1v) is 15.6. The number of phenolic OH excluding ortho intramolecular Hbond substituents is 1. The lowest BCUT2D eigenvalue weighted by Gasteiger charge is -2.34. The summed E-state index contributed by atoms with van der Waals surface area (Å²) in [4.78, 5) is 38.1. The summed E-state index contributed by atoms with van der Waals surface area (Å²) >= 11 is 1.22. The van der Waals surface area contributed by atoms with Crippen molar-refractivity contribution in [3.8, 4) is 5.75 Å². The number of hydrogen-bond acceptors (Lipinski definition) is 10. The van der Waals surface area contributed by atoms with Gasteiger partial charge in [0.25, 0.3) is 5.91 Å². The molecular weight excluding hydrogens is 602 g/mol. The highest BCUT2D eigenvalue weighted by atomic mass is 32.2. The van der Waals surface area contributed by atoms with E-state index < -0.39 is 42.5 Å². The molecule has 2 aliphatic heterocycles. The number of benzene rings is 1. The summed E-state index contributed by atoms with van der Waals surface area (Å²) in [7, 11) is 6.21. The number of fused-ring (bicyclic) bond motifs is 4. The number of hydrogen-bond donors (Lipinski definition) is 4. The molecule has 1 aromatic rings. The minimum atomic E-state index is -0.961. The standard InChI is InChI=1S/C32H45N3O9S/c1-16-10-9-11-22(40-5)29(44-32(33)39)18(3)12-17(2)28(43-8)23(41-6)13-19(4)27(42-7)20-14-21-30(45-15-24(36)34-21)25(26(20)37)35-31(16)38/h9-12,14,17,19,22-23,27-29,37H,13,15H2,1-8H3,(H2,33,39)(H,34,36)(H,35,38)/b11-9-,16-10-,18-12-/t17-,19-,22-,23-,27+,28+,29-/m0/s1. The largest absolute Gasteiger partial charge is 0.505 e. The van der Waals surface area contributed by atoms with Crippen LogP contribution in [0.2, 0.25) is 0 Å². The number of phenols is 1. The van der Waals surface area contributed by atoms with E-state index in [-0.39, 0.29) is 34.9 Å². The first-order chi connectivity index (χ1) is 21.4. The van der Waals surface area contributed by atoms with Crippen LogP contribution < -0.4 is 16.4 Å². The zero-order chi connectivity index (χ0) is 33.4. The van der Waals surface area contributed by atoms with Crippen LogP contribution in [-0.4, -0.2) is 81.6 Å². The average molecular weight is 648 g/mol. The molecule has 0 aliphatic carbocycles. The maximum atomic E-state index is 13.4. The predicted molar refractivity (Wildman–Crippen MR) is 172 cm³/mol. The summed E-state index contributed by atoms with van der Waals surface area (Å²) in [6.45, 7) is 7.36. The van der Waals surface area contributed by atoms with Gasteiger partial charge < -0.3 is 45.2 Å². The van der Waals surface area contributed by atoms with Crippen LogP contribution in [0.1, 0.15) is 45.8 Å². The van der Waals surface area contributed by atoms with Gasteiger partial charge in [-0.2, -0.15) is 0 Å². The number of aromatic hydroxyl groups is 1. The van der Waals surface area contributed by atoms with Crippen molar-refractivity contribution in [3.05, 3.63) is 47.1 Å². The molecule has 3 amide bonds. The first-order valence-electron chi connectivity index (χ1n) is 14.6. The van der Waals surface area contributed by atoms with Crippen molar-refractivity contribution in [1.29, 1.82) is 0 Å². The Bertz CT molecular complexity index is 1350. The van der Waals surface area contributed by atoms with Crippen LogP contribution in [0, 0.1) is 11.8 Å². The third-order valence-corrected chi connectivity index (χ3v) is 9.20. The highest BCUT2D eigenvalue weighted by Gasteiger charge is 2.35. The van der Waals surface area contributed by atoms with Gasteiger partial charge in [0, 0.05) is 45.5 Å². The van der Waals surface area contributed by atoms with Gasteiger partial charge in [-0.15, -0.1) is 11.8 Å². The summed E-state index contributed by atoms with van der Waals surface area (Å²) in [5.41, 5.74) is 7.47. The van der Waals surface area contributed by atoms with Crippen LogP contribution in [0.5, 0.6) is 5.75 Å². The molecule has 0 saturated heterocycles. The van der Waals surface area contributed by atoms with Crippen molar-refractivity contribution in [2.75, 3.05) is 44.8 Å². The second-order valence-electron chi connectivity index (χ2n) is 11.3. The van der Waals surface area contributed by atoms with E-state index in [1.54, 1.807) is 45.4 Å². The second kappa shape index (κ2) is 16.3. The van der Waals surface area contributed by atoms with E-state index >= 15 is 0 Å². The smallest absolute Gasteiger partial charge is 0.405 e. The fourth-order valence-corrected chi connectivity index (χ4v) is 6.75. The minimum Gasteiger partial charge on any atom is -0.505 e. The van der Waals surface area contributed by atoms with E-state index in [4.69, 9.17) is 29.4 Å².